The molecule has 2 rings (SSSR count). The van der Waals surface area contributed by atoms with Gasteiger partial charge in [0.2, 0.25) is 0 Å². The average Bonchev–Trinajstić information content (AvgIpc) is 2.23. The monoisotopic (exact) mass is 218 g/mol. The molecule has 2 atom stereocenters. The quantitative estimate of drug-likeness (QED) is 0.534. The van der Waals surface area contributed by atoms with Crippen LogP contribution < -0.4 is 4.74 Å². The van der Waals surface area contributed by atoms with Gasteiger partial charge in [0.25, 0.3) is 0 Å². The molecule has 1 aromatic carbocycles. The second-order valence-electron chi connectivity index (χ2n) is 4.76. The summed E-state index contributed by atoms with van der Waals surface area (Å²) in [6, 6.07) is 6.02. The third kappa shape index (κ3) is 2.11. The van der Waals surface area contributed by atoms with Crippen LogP contribution in [0.5, 0.6) is 5.75 Å². The van der Waals surface area contributed by atoms with Crippen molar-refractivity contribution in [1.29, 1.82) is 0 Å². The van der Waals surface area contributed by atoms with E-state index in [0.717, 1.165) is 12.3 Å². The van der Waals surface area contributed by atoms with Gasteiger partial charge in [0.15, 0.2) is 0 Å². The molecule has 0 amide bonds. The number of carbonyl (C=O) groups excluding carboxylic acids is 1. The molecule has 2 unspecified atom stereocenters. The lowest BCUT2D eigenvalue weighted by molar-refractivity contribution is -0.131. The highest BCUT2D eigenvalue weighted by Crippen LogP contribution is 2.37. The molecule has 2 heteroatoms. The number of ether oxygens (including phenoxy) is 1. The largest absolute Gasteiger partial charge is 0.427 e. The first-order chi connectivity index (χ1) is 7.58. The zero-order valence-electron chi connectivity index (χ0n) is 10.1. The van der Waals surface area contributed by atoms with Crippen LogP contribution in [-0.2, 0) is 11.2 Å². The Hall–Kier alpha value is -1.31. The number of esters is 1. The molecule has 0 radical (unpaired) electrons. The summed E-state index contributed by atoms with van der Waals surface area (Å²) in [5.74, 6) is 1.77. The molecular formula is C14H18O2. The molecule has 1 aromatic rings. The van der Waals surface area contributed by atoms with Gasteiger partial charge in [-0.15, -0.1) is 0 Å². The van der Waals surface area contributed by atoms with E-state index in [2.05, 4.69) is 19.9 Å². The molecule has 0 fully saturated rings. The van der Waals surface area contributed by atoms with Crippen LogP contribution in [0.1, 0.15) is 44.2 Å². The summed E-state index contributed by atoms with van der Waals surface area (Å²) < 4.78 is 5.10. The highest BCUT2D eigenvalue weighted by Gasteiger charge is 2.22. The van der Waals surface area contributed by atoms with E-state index in [1.807, 2.05) is 12.1 Å². The molecule has 86 valence electrons. The van der Waals surface area contributed by atoms with Crippen molar-refractivity contribution in [1.82, 2.24) is 0 Å². The summed E-state index contributed by atoms with van der Waals surface area (Å²) >= 11 is 0. The number of fused-ring (bicyclic) bond motifs is 1. The van der Waals surface area contributed by atoms with Crippen molar-refractivity contribution in [2.45, 2.75) is 39.5 Å². The van der Waals surface area contributed by atoms with Gasteiger partial charge in [-0.05, 0) is 47.9 Å². The van der Waals surface area contributed by atoms with Crippen molar-refractivity contribution < 1.29 is 9.53 Å². The van der Waals surface area contributed by atoms with Gasteiger partial charge in [-0.1, -0.05) is 19.9 Å². The van der Waals surface area contributed by atoms with Crippen LogP contribution in [-0.4, -0.2) is 5.97 Å². The van der Waals surface area contributed by atoms with Crippen molar-refractivity contribution in [3.63, 3.8) is 0 Å². The fraction of sp³-hybridized carbons (Fsp3) is 0.500. The molecular weight excluding hydrogens is 200 g/mol. The third-order valence-electron chi connectivity index (χ3n) is 3.59. The molecule has 0 aliphatic heterocycles. The fourth-order valence-corrected chi connectivity index (χ4v) is 2.41. The predicted molar refractivity (Wildman–Crippen MR) is 63.7 cm³/mol. The summed E-state index contributed by atoms with van der Waals surface area (Å²) in [4.78, 5) is 10.9. The van der Waals surface area contributed by atoms with Crippen LogP contribution >= 0.6 is 0 Å². The highest BCUT2D eigenvalue weighted by molar-refractivity contribution is 5.69. The topological polar surface area (TPSA) is 26.3 Å². The Morgan fingerprint density at radius 1 is 1.38 bits per heavy atom. The zero-order valence-corrected chi connectivity index (χ0v) is 10.1. The SMILES string of the molecule is CC(=O)Oc1ccc2c(c1)CCC(C)C2C. The zero-order chi connectivity index (χ0) is 11.7. The predicted octanol–water partition coefficient (Wildman–Crippen LogP) is 3.30. The first-order valence-corrected chi connectivity index (χ1v) is 5.89. The molecule has 0 N–H and O–H groups in total. The number of carbonyl (C=O) groups is 1. The Morgan fingerprint density at radius 2 is 2.12 bits per heavy atom. The summed E-state index contributed by atoms with van der Waals surface area (Å²) in [5, 5.41) is 0. The van der Waals surface area contributed by atoms with Gasteiger partial charge in [0.1, 0.15) is 5.75 Å². The molecule has 1 aliphatic carbocycles. The lowest BCUT2D eigenvalue weighted by atomic mass is 9.77. The van der Waals surface area contributed by atoms with Crippen LogP contribution in [0.15, 0.2) is 18.2 Å². The lowest BCUT2D eigenvalue weighted by Crippen LogP contribution is -2.16. The van der Waals surface area contributed by atoms with Crippen molar-refractivity contribution in [3.8, 4) is 5.75 Å². The number of aryl methyl sites for hydroxylation is 1. The van der Waals surface area contributed by atoms with Gasteiger partial charge in [-0.2, -0.15) is 0 Å². The average molecular weight is 218 g/mol. The van der Waals surface area contributed by atoms with Gasteiger partial charge in [0.05, 0.1) is 0 Å². The Balaban J connectivity index is 2.29. The van der Waals surface area contributed by atoms with Crippen molar-refractivity contribution in [2.24, 2.45) is 5.92 Å². The van der Waals surface area contributed by atoms with Crippen LogP contribution in [0, 0.1) is 5.92 Å². The van der Waals surface area contributed by atoms with E-state index in [1.54, 1.807) is 0 Å². The minimum Gasteiger partial charge on any atom is -0.427 e. The van der Waals surface area contributed by atoms with E-state index in [4.69, 9.17) is 4.74 Å². The van der Waals surface area contributed by atoms with E-state index in [1.165, 1.54) is 24.5 Å². The standard InChI is InChI=1S/C14H18O2/c1-9-4-5-12-8-13(16-11(3)15)6-7-14(12)10(9)2/h6-10H,4-5H2,1-3H3. The van der Waals surface area contributed by atoms with Crippen LogP contribution in [0.2, 0.25) is 0 Å². The summed E-state index contributed by atoms with van der Waals surface area (Å²) in [6.07, 6.45) is 2.31. The molecule has 1 aliphatic rings. The van der Waals surface area contributed by atoms with Gasteiger partial charge < -0.3 is 4.74 Å². The van der Waals surface area contributed by atoms with Crippen LogP contribution in [0.4, 0.5) is 0 Å². The Labute approximate surface area is 96.6 Å². The van der Waals surface area contributed by atoms with Crippen molar-refractivity contribution in [2.75, 3.05) is 0 Å². The smallest absolute Gasteiger partial charge is 0.308 e. The van der Waals surface area contributed by atoms with Gasteiger partial charge in [0, 0.05) is 6.92 Å². The maximum absolute atomic E-state index is 10.9. The molecule has 0 heterocycles. The van der Waals surface area contributed by atoms with Gasteiger partial charge in [-0.3, -0.25) is 4.79 Å². The van der Waals surface area contributed by atoms with Crippen LogP contribution in [0.25, 0.3) is 0 Å². The maximum Gasteiger partial charge on any atom is 0.308 e. The van der Waals surface area contributed by atoms with Gasteiger partial charge >= 0.3 is 5.97 Å². The minimum absolute atomic E-state index is 0.253. The molecule has 0 bridgehead atoms. The van der Waals surface area contributed by atoms with E-state index in [0.29, 0.717) is 11.7 Å². The molecule has 0 spiro atoms. The van der Waals surface area contributed by atoms with Crippen LogP contribution in [0.3, 0.4) is 0 Å². The van der Waals surface area contributed by atoms with E-state index in [9.17, 15) is 4.79 Å². The Kier molecular flexibility index (Phi) is 2.99. The van der Waals surface area contributed by atoms with E-state index < -0.39 is 0 Å². The number of hydrogen-bond acceptors (Lipinski definition) is 2. The molecule has 0 aromatic heterocycles. The van der Waals surface area contributed by atoms with Crippen molar-refractivity contribution >= 4 is 5.97 Å². The minimum atomic E-state index is -0.253. The van der Waals surface area contributed by atoms with Gasteiger partial charge in [-0.25, -0.2) is 0 Å². The number of rotatable bonds is 1. The molecule has 0 saturated heterocycles. The third-order valence-corrected chi connectivity index (χ3v) is 3.59. The normalized spacial score (nSPS) is 23.7. The lowest BCUT2D eigenvalue weighted by Gasteiger charge is -2.28. The Bertz CT molecular complexity index is 409. The van der Waals surface area contributed by atoms with Crippen molar-refractivity contribution in [3.05, 3.63) is 29.3 Å². The second-order valence-corrected chi connectivity index (χ2v) is 4.76. The number of hydrogen-bond donors (Lipinski definition) is 0. The fourth-order valence-electron chi connectivity index (χ4n) is 2.41. The highest BCUT2D eigenvalue weighted by atomic mass is 16.5. The summed E-state index contributed by atoms with van der Waals surface area (Å²) in [7, 11) is 0. The summed E-state index contributed by atoms with van der Waals surface area (Å²) in [5.41, 5.74) is 2.75. The summed E-state index contributed by atoms with van der Waals surface area (Å²) in [6.45, 7) is 6.01. The van der Waals surface area contributed by atoms with E-state index in [-0.39, 0.29) is 5.97 Å². The first-order valence-electron chi connectivity index (χ1n) is 5.89. The molecule has 0 saturated carbocycles. The maximum atomic E-state index is 10.9. The second kappa shape index (κ2) is 4.28. The molecule has 2 nitrogen and oxygen atoms in total. The molecule has 16 heavy (non-hydrogen) atoms. The Morgan fingerprint density at radius 3 is 2.81 bits per heavy atom. The number of benzene rings is 1. The van der Waals surface area contributed by atoms with E-state index >= 15 is 0 Å². The first kappa shape index (κ1) is 11.2.